The topological polar surface area (TPSA) is 175 Å². The third-order valence-corrected chi connectivity index (χ3v) is 12.3. The van der Waals surface area contributed by atoms with Crippen LogP contribution in [0.2, 0.25) is 0 Å². The Balaban J connectivity index is 4.50. The maximum atomic E-state index is 12.8. The summed E-state index contributed by atoms with van der Waals surface area (Å²) in [4.78, 5) is 58.4. The summed E-state index contributed by atoms with van der Waals surface area (Å²) in [7, 11) is -4.55. The first-order valence-corrected chi connectivity index (χ1v) is 27.0. The van der Waals surface area contributed by atoms with Crippen LogP contribution < -0.4 is 5.32 Å². The molecule has 2 atom stereocenters. The minimum atomic E-state index is -4.55. The van der Waals surface area contributed by atoms with Crippen LogP contribution in [0.4, 0.5) is 0 Å². The number of esters is 2. The van der Waals surface area contributed by atoms with E-state index in [4.69, 9.17) is 23.6 Å². The van der Waals surface area contributed by atoms with E-state index < -0.39 is 38.4 Å². The van der Waals surface area contributed by atoms with Crippen LogP contribution in [0, 0.1) is 0 Å². The molecule has 0 bridgehead atoms. The van der Waals surface area contributed by atoms with Gasteiger partial charge in [-0.25, -0.2) is 4.57 Å². The van der Waals surface area contributed by atoms with Crippen LogP contribution in [-0.2, 0) is 42.3 Å². The summed E-state index contributed by atoms with van der Waals surface area (Å²) in [6, 6.07) is 0. The summed E-state index contributed by atoms with van der Waals surface area (Å²) >= 11 is 0. The summed E-state index contributed by atoms with van der Waals surface area (Å²) in [5.41, 5.74) is 0. The minimum Gasteiger partial charge on any atom is -0.481 e. The third kappa shape index (κ3) is 46.0. The minimum absolute atomic E-state index is 0.0252. The van der Waals surface area contributed by atoms with Crippen molar-refractivity contribution in [2.24, 2.45) is 0 Å². The molecule has 0 heterocycles. The zero-order chi connectivity index (χ0) is 45.6. The molecule has 0 aromatic rings. The fourth-order valence-corrected chi connectivity index (χ4v) is 8.22. The number of rotatable bonds is 49. The maximum Gasteiger partial charge on any atom is 0.472 e. The number of amides is 1. The Bertz CT molecular complexity index is 1110. The lowest BCUT2D eigenvalue weighted by Crippen LogP contribution is -2.30. The Kier molecular flexibility index (Phi) is 44.1. The average molecular weight is 904 g/mol. The molecule has 62 heavy (non-hydrogen) atoms. The van der Waals surface area contributed by atoms with Crippen LogP contribution in [0.3, 0.4) is 0 Å². The number of hydrogen-bond acceptors (Lipinski definition) is 9. The SMILES string of the molecule is CCCCCCCCCCCCCCCC(=O)OC[C@H](COP(=O)(O)OCCNC(=O)CCCCCCCCCCC(=O)O)OC(=O)CCCCCCCCCCCCCCC. The fraction of sp³-hybridized carbons (Fsp3) is 0.918. The molecule has 1 amide bonds. The number of phosphoric acid groups is 1. The number of carbonyl (C=O) groups excluding carboxylic acids is 3. The second-order valence-corrected chi connectivity index (χ2v) is 18.9. The van der Waals surface area contributed by atoms with Gasteiger partial charge >= 0.3 is 25.7 Å². The molecule has 0 saturated heterocycles. The maximum absolute atomic E-state index is 12.8. The van der Waals surface area contributed by atoms with E-state index in [0.717, 1.165) is 83.5 Å². The highest BCUT2D eigenvalue weighted by Gasteiger charge is 2.26. The molecular formula is C49H94NO11P. The standard InChI is InChI=1S/C49H94NO11P/c1-3-5-7-9-11-13-15-17-19-21-27-31-35-39-48(54)58-43-45(61-49(55)40-36-32-28-22-20-18-16-14-12-10-8-6-4-2)44-60-62(56,57)59-42-41-50-46(51)37-33-29-25-23-24-26-30-34-38-47(52)53/h45H,3-44H2,1-2H3,(H,50,51)(H,52,53)(H,56,57)/t45-/m1/s1. The van der Waals surface area contributed by atoms with Crippen molar-refractivity contribution in [3.05, 3.63) is 0 Å². The largest absolute Gasteiger partial charge is 0.481 e. The van der Waals surface area contributed by atoms with E-state index in [0.29, 0.717) is 25.7 Å². The summed E-state index contributed by atoms with van der Waals surface area (Å²) < 4.78 is 33.9. The number of carbonyl (C=O) groups is 4. The summed E-state index contributed by atoms with van der Waals surface area (Å²) in [6.07, 6.45) is 38.5. The van der Waals surface area contributed by atoms with Crippen molar-refractivity contribution in [1.29, 1.82) is 0 Å². The lowest BCUT2D eigenvalue weighted by Gasteiger charge is -2.20. The number of aliphatic carboxylic acids is 1. The van der Waals surface area contributed by atoms with Crippen LogP contribution in [0.25, 0.3) is 0 Å². The van der Waals surface area contributed by atoms with Crippen LogP contribution in [-0.4, -0.2) is 66.3 Å². The van der Waals surface area contributed by atoms with Gasteiger partial charge in [0, 0.05) is 32.2 Å². The van der Waals surface area contributed by atoms with Crippen LogP contribution in [0.1, 0.15) is 258 Å². The quantitative estimate of drug-likeness (QED) is 0.0301. The van der Waals surface area contributed by atoms with Crippen LogP contribution in [0.5, 0.6) is 0 Å². The van der Waals surface area contributed by atoms with Crippen LogP contribution >= 0.6 is 7.82 Å². The van der Waals surface area contributed by atoms with Crippen LogP contribution in [0.15, 0.2) is 0 Å². The molecule has 0 aliphatic heterocycles. The van der Waals surface area contributed by atoms with Gasteiger partial charge in [0.15, 0.2) is 6.10 Å². The lowest BCUT2D eigenvalue weighted by molar-refractivity contribution is -0.161. The van der Waals surface area contributed by atoms with Crippen molar-refractivity contribution < 1.29 is 52.3 Å². The molecule has 0 saturated carbocycles. The van der Waals surface area contributed by atoms with E-state index in [1.807, 2.05) is 0 Å². The molecule has 12 nitrogen and oxygen atoms in total. The van der Waals surface area contributed by atoms with Gasteiger partial charge in [-0.05, 0) is 25.7 Å². The highest BCUT2D eigenvalue weighted by Crippen LogP contribution is 2.43. The first-order chi connectivity index (χ1) is 30.1. The van der Waals surface area contributed by atoms with Gasteiger partial charge in [0.25, 0.3) is 0 Å². The molecule has 366 valence electrons. The zero-order valence-corrected chi connectivity index (χ0v) is 40.7. The van der Waals surface area contributed by atoms with E-state index >= 15 is 0 Å². The number of carboxylic acid groups (broad SMARTS) is 1. The summed E-state index contributed by atoms with van der Waals surface area (Å²) in [6.45, 7) is 3.48. The Labute approximate surface area is 378 Å². The third-order valence-electron chi connectivity index (χ3n) is 11.3. The Morgan fingerprint density at radius 2 is 0.823 bits per heavy atom. The molecule has 3 N–H and O–H groups in total. The molecular weight excluding hydrogens is 810 g/mol. The summed E-state index contributed by atoms with van der Waals surface area (Å²) in [5, 5.41) is 11.4. The fourth-order valence-electron chi connectivity index (χ4n) is 7.47. The predicted molar refractivity (Wildman–Crippen MR) is 250 cm³/mol. The molecule has 0 aromatic carbocycles. The van der Waals surface area contributed by atoms with Gasteiger partial charge in [-0.15, -0.1) is 0 Å². The van der Waals surface area contributed by atoms with E-state index in [-0.39, 0.29) is 44.9 Å². The lowest BCUT2D eigenvalue weighted by atomic mass is 10.0. The summed E-state index contributed by atoms with van der Waals surface area (Å²) in [5.74, 6) is -1.81. The van der Waals surface area contributed by atoms with Gasteiger partial charge in [-0.2, -0.15) is 0 Å². The highest BCUT2D eigenvalue weighted by atomic mass is 31.2. The number of nitrogens with one attached hydrogen (secondary N) is 1. The van der Waals surface area contributed by atoms with Crippen molar-refractivity contribution in [3.8, 4) is 0 Å². The van der Waals surface area contributed by atoms with E-state index in [1.165, 1.54) is 116 Å². The first-order valence-electron chi connectivity index (χ1n) is 25.5. The predicted octanol–water partition coefficient (Wildman–Crippen LogP) is 13.6. The number of unbranched alkanes of at least 4 members (excludes halogenated alkanes) is 31. The van der Waals surface area contributed by atoms with Crippen molar-refractivity contribution in [1.82, 2.24) is 5.32 Å². The van der Waals surface area contributed by atoms with Gasteiger partial charge in [0.2, 0.25) is 5.91 Å². The number of hydrogen-bond donors (Lipinski definition) is 3. The average Bonchev–Trinajstić information content (AvgIpc) is 3.24. The molecule has 0 fully saturated rings. The number of phosphoric ester groups is 1. The number of ether oxygens (including phenoxy) is 2. The van der Waals surface area contributed by atoms with Gasteiger partial charge in [-0.3, -0.25) is 28.2 Å². The van der Waals surface area contributed by atoms with E-state index in [9.17, 15) is 28.6 Å². The van der Waals surface area contributed by atoms with Crippen molar-refractivity contribution in [2.45, 2.75) is 264 Å². The van der Waals surface area contributed by atoms with Crippen molar-refractivity contribution in [2.75, 3.05) is 26.4 Å². The first kappa shape index (κ1) is 60.0. The molecule has 0 spiro atoms. The zero-order valence-electron chi connectivity index (χ0n) is 39.8. The molecule has 13 heteroatoms. The van der Waals surface area contributed by atoms with Crippen molar-refractivity contribution >= 4 is 31.6 Å². The molecule has 0 aliphatic carbocycles. The molecule has 1 unspecified atom stereocenters. The molecule has 0 aromatic heterocycles. The van der Waals surface area contributed by atoms with Gasteiger partial charge in [0.05, 0.1) is 13.2 Å². The van der Waals surface area contributed by atoms with Gasteiger partial charge in [0.1, 0.15) is 6.61 Å². The van der Waals surface area contributed by atoms with Crippen molar-refractivity contribution in [3.63, 3.8) is 0 Å². The molecule has 0 rings (SSSR count). The second-order valence-electron chi connectivity index (χ2n) is 17.4. The van der Waals surface area contributed by atoms with E-state index in [1.54, 1.807) is 0 Å². The Morgan fingerprint density at radius 3 is 1.23 bits per heavy atom. The molecule has 0 radical (unpaired) electrons. The van der Waals surface area contributed by atoms with Gasteiger partial charge in [-0.1, -0.05) is 206 Å². The highest BCUT2D eigenvalue weighted by molar-refractivity contribution is 7.47. The normalized spacial score (nSPS) is 12.8. The van der Waals surface area contributed by atoms with E-state index in [2.05, 4.69) is 19.2 Å². The Hall–Kier alpha value is -2.01. The smallest absolute Gasteiger partial charge is 0.472 e. The molecule has 0 aliphatic rings. The second kappa shape index (κ2) is 45.6. The number of carboxylic acids is 1. The monoisotopic (exact) mass is 904 g/mol. The van der Waals surface area contributed by atoms with Gasteiger partial charge < -0.3 is 24.8 Å². The Morgan fingerprint density at radius 1 is 0.468 bits per heavy atom.